The average molecular weight is 416 g/mol. The number of carbonyl (C=O) groups is 1. The fourth-order valence-electron chi connectivity index (χ4n) is 3.40. The summed E-state index contributed by atoms with van der Waals surface area (Å²) in [6.45, 7) is 0.466. The van der Waals surface area contributed by atoms with Gasteiger partial charge in [0, 0.05) is 29.2 Å². The Morgan fingerprint density at radius 3 is 2.90 bits per heavy atom. The Kier molecular flexibility index (Phi) is 4.29. The third-order valence-electron chi connectivity index (χ3n) is 4.88. The van der Waals surface area contributed by atoms with Gasteiger partial charge >= 0.3 is 0 Å². The molecule has 0 spiro atoms. The molecule has 0 bridgehead atoms. The zero-order valence-corrected chi connectivity index (χ0v) is 16.4. The van der Waals surface area contributed by atoms with E-state index in [9.17, 15) is 9.59 Å². The summed E-state index contributed by atoms with van der Waals surface area (Å²) in [5, 5.41) is 8.27. The second-order valence-electron chi connectivity index (χ2n) is 6.74. The van der Waals surface area contributed by atoms with E-state index < -0.39 is 0 Å². The van der Waals surface area contributed by atoms with Crippen LogP contribution in [0.25, 0.3) is 22.4 Å². The number of benzene rings is 2. The second kappa shape index (κ2) is 7.12. The van der Waals surface area contributed by atoms with Crippen molar-refractivity contribution in [3.8, 4) is 0 Å². The Morgan fingerprint density at radius 1 is 1.20 bits per heavy atom. The smallest absolute Gasteiger partial charge is 0.276 e. The van der Waals surface area contributed by atoms with E-state index in [0.29, 0.717) is 45.2 Å². The summed E-state index contributed by atoms with van der Waals surface area (Å²) in [6, 6.07) is 12.6. The molecule has 1 aliphatic rings. The van der Waals surface area contributed by atoms with Crippen LogP contribution >= 0.6 is 11.3 Å². The average Bonchev–Trinajstić information content (AvgIpc) is 3.27. The fourth-order valence-corrected chi connectivity index (χ4v) is 3.92. The zero-order valence-electron chi connectivity index (χ0n) is 15.6. The number of aromatic amines is 1. The van der Waals surface area contributed by atoms with Crippen LogP contribution in [0.3, 0.4) is 0 Å². The van der Waals surface area contributed by atoms with Crippen LogP contribution < -0.4 is 21.9 Å². The molecule has 3 heterocycles. The van der Waals surface area contributed by atoms with Crippen LogP contribution in [0.1, 0.15) is 27.2 Å². The molecule has 8 nitrogen and oxygen atoms in total. The Labute approximate surface area is 174 Å². The van der Waals surface area contributed by atoms with E-state index in [-0.39, 0.29) is 17.2 Å². The number of amides is 1. The molecule has 0 saturated heterocycles. The van der Waals surface area contributed by atoms with E-state index in [4.69, 9.17) is 5.73 Å². The maximum Gasteiger partial charge on any atom is 0.276 e. The number of nitrogens with zero attached hydrogens (tertiary/aromatic N) is 2. The van der Waals surface area contributed by atoms with Gasteiger partial charge in [-0.25, -0.2) is 9.97 Å². The molecule has 148 valence electrons. The zero-order chi connectivity index (χ0) is 20.7. The van der Waals surface area contributed by atoms with Gasteiger partial charge in [0.05, 0.1) is 22.4 Å². The summed E-state index contributed by atoms with van der Waals surface area (Å²) >= 11 is 1.34. The van der Waals surface area contributed by atoms with Crippen molar-refractivity contribution in [2.75, 3.05) is 5.32 Å². The lowest BCUT2D eigenvalue weighted by Crippen LogP contribution is -2.28. The summed E-state index contributed by atoms with van der Waals surface area (Å²) in [5.41, 5.74) is 10.5. The Morgan fingerprint density at radius 2 is 2.07 bits per heavy atom. The van der Waals surface area contributed by atoms with Gasteiger partial charge in [-0.1, -0.05) is 18.2 Å². The molecule has 9 heteroatoms. The largest absolute Gasteiger partial charge is 0.396 e. The standard InChI is InChI=1S/C21H16N6O2S/c22-16-13-9-11(19(28)27-21-23-7-8-30-21)5-6-12(13)10-24-17(16)18-20(29)26-15-4-2-1-3-14(15)25-18/h1-9,24H,10,22H2,(H,26,29)(H,23,27,28). The minimum Gasteiger partial charge on any atom is -0.396 e. The number of thiazole rings is 1. The number of aromatic nitrogens is 3. The van der Waals surface area contributed by atoms with Gasteiger partial charge in [-0.05, 0) is 29.8 Å². The number of nitrogens with one attached hydrogen (secondary N) is 3. The van der Waals surface area contributed by atoms with E-state index >= 15 is 0 Å². The number of para-hydroxylation sites is 2. The second-order valence-corrected chi connectivity index (χ2v) is 7.63. The number of nitrogens with two attached hydrogens (primary N) is 1. The molecule has 0 radical (unpaired) electrons. The highest BCUT2D eigenvalue weighted by molar-refractivity contribution is 7.13. The molecule has 0 unspecified atom stereocenters. The van der Waals surface area contributed by atoms with Crippen molar-refractivity contribution < 1.29 is 4.79 Å². The van der Waals surface area contributed by atoms with Crippen LogP contribution in [0.4, 0.5) is 5.13 Å². The highest BCUT2D eigenvalue weighted by Gasteiger charge is 2.22. The molecule has 2 aromatic heterocycles. The van der Waals surface area contributed by atoms with Crippen LogP contribution in [0.5, 0.6) is 0 Å². The van der Waals surface area contributed by atoms with E-state index in [1.54, 1.807) is 29.8 Å². The molecule has 0 saturated carbocycles. The lowest BCUT2D eigenvalue weighted by Gasteiger charge is -2.22. The van der Waals surface area contributed by atoms with Crippen LogP contribution in [0, 0.1) is 0 Å². The van der Waals surface area contributed by atoms with Crippen LogP contribution in [-0.4, -0.2) is 20.9 Å². The fraction of sp³-hybridized carbons (Fsp3) is 0.0476. The van der Waals surface area contributed by atoms with E-state index in [1.807, 2.05) is 24.3 Å². The van der Waals surface area contributed by atoms with Crippen LogP contribution in [-0.2, 0) is 6.54 Å². The minimum absolute atomic E-state index is 0.217. The maximum absolute atomic E-state index is 12.6. The highest BCUT2D eigenvalue weighted by Crippen LogP contribution is 2.28. The lowest BCUT2D eigenvalue weighted by molar-refractivity contribution is 0.102. The van der Waals surface area contributed by atoms with Crippen molar-refractivity contribution in [3.63, 3.8) is 0 Å². The molecule has 0 fully saturated rings. The number of rotatable bonds is 3. The number of fused-ring (bicyclic) bond motifs is 2. The number of carbonyl (C=O) groups excluding carboxylic acids is 1. The van der Waals surface area contributed by atoms with E-state index in [0.717, 1.165) is 5.56 Å². The SMILES string of the molecule is NC1=C(c2nc3ccccc3[nH]c2=O)NCc2ccc(C(=O)Nc3nccs3)cc21. The molecule has 2 aromatic carbocycles. The molecule has 5 N–H and O–H groups in total. The van der Waals surface area contributed by atoms with Crippen molar-refractivity contribution in [2.45, 2.75) is 6.54 Å². The van der Waals surface area contributed by atoms with Gasteiger partial charge < -0.3 is 16.0 Å². The number of anilines is 1. The van der Waals surface area contributed by atoms with Crippen molar-refractivity contribution in [3.05, 3.63) is 86.8 Å². The predicted molar refractivity (Wildman–Crippen MR) is 117 cm³/mol. The first-order valence-corrected chi connectivity index (χ1v) is 10.1. The molecule has 0 atom stereocenters. The van der Waals surface area contributed by atoms with Gasteiger partial charge in [0.1, 0.15) is 0 Å². The molecule has 5 rings (SSSR count). The molecule has 30 heavy (non-hydrogen) atoms. The van der Waals surface area contributed by atoms with E-state index in [1.165, 1.54) is 11.3 Å². The highest BCUT2D eigenvalue weighted by atomic mass is 32.1. The van der Waals surface area contributed by atoms with Gasteiger partial charge in [-0.15, -0.1) is 11.3 Å². The van der Waals surface area contributed by atoms with Crippen molar-refractivity contribution >= 4 is 44.8 Å². The normalized spacial score (nSPS) is 13.1. The van der Waals surface area contributed by atoms with Crippen LogP contribution in [0.15, 0.2) is 58.8 Å². The first kappa shape index (κ1) is 18.1. The summed E-state index contributed by atoms with van der Waals surface area (Å²) in [6.07, 6.45) is 1.62. The Balaban J connectivity index is 1.57. The Bertz CT molecular complexity index is 1370. The van der Waals surface area contributed by atoms with E-state index in [2.05, 4.69) is 25.6 Å². The molecule has 1 amide bonds. The topological polar surface area (TPSA) is 126 Å². The number of hydrogen-bond donors (Lipinski definition) is 4. The summed E-state index contributed by atoms with van der Waals surface area (Å²) in [4.78, 5) is 36.6. The van der Waals surface area contributed by atoms with Gasteiger partial charge in [-0.3, -0.25) is 14.9 Å². The molecule has 4 aromatic rings. The molecule has 0 aliphatic carbocycles. The first-order chi connectivity index (χ1) is 14.6. The number of hydrogen-bond acceptors (Lipinski definition) is 7. The predicted octanol–water partition coefficient (Wildman–Crippen LogP) is 2.52. The monoisotopic (exact) mass is 416 g/mol. The Hall–Kier alpha value is -3.98. The summed E-state index contributed by atoms with van der Waals surface area (Å²) in [7, 11) is 0. The summed E-state index contributed by atoms with van der Waals surface area (Å²) < 4.78 is 0. The number of H-pyrrole nitrogens is 1. The van der Waals surface area contributed by atoms with Gasteiger partial charge in [-0.2, -0.15) is 0 Å². The van der Waals surface area contributed by atoms with Crippen molar-refractivity contribution in [1.29, 1.82) is 0 Å². The van der Waals surface area contributed by atoms with Gasteiger partial charge in [0.2, 0.25) is 0 Å². The molecular weight excluding hydrogens is 400 g/mol. The third kappa shape index (κ3) is 3.11. The molecular formula is C21H16N6O2S. The van der Waals surface area contributed by atoms with Gasteiger partial charge in [0.15, 0.2) is 10.8 Å². The lowest BCUT2D eigenvalue weighted by atomic mass is 9.96. The summed E-state index contributed by atoms with van der Waals surface area (Å²) in [5.74, 6) is -0.276. The van der Waals surface area contributed by atoms with Crippen molar-refractivity contribution in [2.24, 2.45) is 5.73 Å². The molecule has 1 aliphatic heterocycles. The minimum atomic E-state index is -0.333. The maximum atomic E-state index is 12.6. The van der Waals surface area contributed by atoms with Crippen molar-refractivity contribution in [1.82, 2.24) is 20.3 Å². The van der Waals surface area contributed by atoms with Gasteiger partial charge in [0.25, 0.3) is 11.5 Å². The van der Waals surface area contributed by atoms with Crippen LogP contribution in [0.2, 0.25) is 0 Å². The quantitative estimate of drug-likeness (QED) is 0.407. The third-order valence-corrected chi connectivity index (χ3v) is 5.56. The first-order valence-electron chi connectivity index (χ1n) is 9.17.